The number of hydrogen-bond acceptors (Lipinski definition) is 2. The van der Waals surface area contributed by atoms with E-state index < -0.39 is 0 Å². The minimum atomic E-state index is 0.547. The van der Waals surface area contributed by atoms with Gasteiger partial charge < -0.3 is 4.42 Å². The molecule has 35 heavy (non-hydrogen) atoms. The molecule has 0 saturated heterocycles. The summed E-state index contributed by atoms with van der Waals surface area (Å²) in [4.78, 5) is 5.24. The summed E-state index contributed by atoms with van der Waals surface area (Å²) in [5, 5.41) is 6.17. The van der Waals surface area contributed by atoms with Gasteiger partial charge in [0.05, 0.1) is 11.2 Å². The molecule has 0 atom stereocenters. The molecule has 2 heterocycles. The lowest BCUT2D eigenvalue weighted by atomic mass is 9.92. The van der Waals surface area contributed by atoms with Crippen LogP contribution in [0.15, 0.2) is 83.3 Å². The van der Waals surface area contributed by atoms with Crippen molar-refractivity contribution in [2.24, 2.45) is 11.8 Å². The number of nitrogens with zero attached hydrogens (tertiary/aromatic N) is 1. The Bertz CT molecular complexity index is 1700. The molecule has 0 aliphatic heterocycles. The van der Waals surface area contributed by atoms with Crippen LogP contribution in [0.5, 0.6) is 0 Å². The van der Waals surface area contributed by atoms with Crippen molar-refractivity contribution in [1.29, 1.82) is 0 Å². The Hall–Kier alpha value is -3.65. The third-order valence-electron chi connectivity index (χ3n) is 6.87. The van der Waals surface area contributed by atoms with E-state index in [1.165, 1.54) is 38.1 Å². The van der Waals surface area contributed by atoms with Crippen LogP contribution in [-0.4, -0.2) is 4.98 Å². The molecule has 0 saturated carbocycles. The summed E-state index contributed by atoms with van der Waals surface area (Å²) in [6, 6.07) is 28.3. The molecule has 0 aliphatic rings. The summed E-state index contributed by atoms with van der Waals surface area (Å²) >= 11 is 0. The van der Waals surface area contributed by atoms with Gasteiger partial charge in [-0.3, -0.25) is 0 Å². The summed E-state index contributed by atoms with van der Waals surface area (Å²) in [6.45, 7) is 9.13. The topological polar surface area (TPSA) is 26.0 Å². The highest BCUT2D eigenvalue weighted by Crippen LogP contribution is 2.39. The van der Waals surface area contributed by atoms with Gasteiger partial charge in [-0.15, -0.1) is 0 Å². The quantitative estimate of drug-likeness (QED) is 0.241. The van der Waals surface area contributed by atoms with Gasteiger partial charge in [-0.1, -0.05) is 76.2 Å². The van der Waals surface area contributed by atoms with Gasteiger partial charge in [-0.25, -0.2) is 4.98 Å². The average Bonchev–Trinajstić information content (AvgIpc) is 3.21. The first-order valence-corrected chi connectivity index (χ1v) is 12.7. The monoisotopic (exact) mass is 457 g/mol. The smallest absolute Gasteiger partial charge is 0.144 e. The van der Waals surface area contributed by atoms with Crippen LogP contribution in [0.2, 0.25) is 0 Å². The van der Waals surface area contributed by atoms with Crippen LogP contribution in [-0.2, 0) is 12.8 Å². The maximum atomic E-state index is 6.46. The Morgan fingerprint density at radius 3 is 2.26 bits per heavy atom. The summed E-state index contributed by atoms with van der Waals surface area (Å²) in [5.41, 5.74) is 7.69. The Kier molecular flexibility index (Phi) is 5.33. The molecule has 6 aromatic rings. The largest absolute Gasteiger partial charge is 0.455 e. The fourth-order valence-corrected chi connectivity index (χ4v) is 5.50. The van der Waals surface area contributed by atoms with Gasteiger partial charge in [0.1, 0.15) is 11.2 Å². The fourth-order valence-electron chi connectivity index (χ4n) is 5.50. The van der Waals surface area contributed by atoms with E-state index in [0.717, 1.165) is 40.8 Å². The standard InChI is InChI=1S/C33H31NO/c1-20(2)15-22-17-27-26-11-7-8-12-31(26)35-33(27)28(18-22)30-19-24(16-21(3)4)32-25-10-6-5-9-23(25)13-14-29(32)34-30/h5-14,17-21H,15-16H2,1-4H3. The lowest BCUT2D eigenvalue weighted by Crippen LogP contribution is -2.00. The lowest BCUT2D eigenvalue weighted by Gasteiger charge is -2.15. The van der Waals surface area contributed by atoms with E-state index in [1.54, 1.807) is 0 Å². The van der Waals surface area contributed by atoms with Crippen LogP contribution in [0, 0.1) is 11.8 Å². The first-order valence-electron chi connectivity index (χ1n) is 12.7. The van der Waals surface area contributed by atoms with Crippen LogP contribution in [0.4, 0.5) is 0 Å². The van der Waals surface area contributed by atoms with E-state index in [2.05, 4.69) is 100 Å². The van der Waals surface area contributed by atoms with Crippen molar-refractivity contribution in [1.82, 2.24) is 4.98 Å². The summed E-state index contributed by atoms with van der Waals surface area (Å²) in [6.07, 6.45) is 2.04. The Morgan fingerprint density at radius 2 is 1.46 bits per heavy atom. The maximum Gasteiger partial charge on any atom is 0.144 e. The second-order valence-electron chi connectivity index (χ2n) is 10.7. The van der Waals surface area contributed by atoms with Crippen molar-refractivity contribution in [2.75, 3.05) is 0 Å². The number of rotatable bonds is 5. The van der Waals surface area contributed by atoms with Crippen molar-refractivity contribution in [3.05, 3.63) is 90.0 Å². The van der Waals surface area contributed by atoms with Gasteiger partial charge in [0, 0.05) is 21.7 Å². The number of fused-ring (bicyclic) bond motifs is 6. The number of benzene rings is 4. The highest BCUT2D eigenvalue weighted by Gasteiger charge is 2.18. The molecule has 2 aromatic heterocycles. The first kappa shape index (κ1) is 21.9. The molecule has 0 N–H and O–H groups in total. The molecular weight excluding hydrogens is 426 g/mol. The van der Waals surface area contributed by atoms with Gasteiger partial charge in [0.25, 0.3) is 0 Å². The molecule has 0 spiro atoms. The van der Waals surface area contributed by atoms with Crippen LogP contribution < -0.4 is 0 Å². The molecule has 4 aromatic carbocycles. The Balaban J connectivity index is 1.68. The van der Waals surface area contributed by atoms with Crippen LogP contribution in [0.3, 0.4) is 0 Å². The number of pyridine rings is 1. The zero-order valence-electron chi connectivity index (χ0n) is 20.9. The van der Waals surface area contributed by atoms with Gasteiger partial charge in [0.15, 0.2) is 0 Å². The van der Waals surface area contributed by atoms with E-state index in [9.17, 15) is 0 Å². The molecule has 0 fully saturated rings. The molecule has 0 amide bonds. The zero-order valence-corrected chi connectivity index (χ0v) is 20.9. The predicted molar refractivity (Wildman–Crippen MR) is 149 cm³/mol. The van der Waals surface area contributed by atoms with Crippen molar-refractivity contribution < 1.29 is 4.42 Å². The fraction of sp³-hybridized carbons (Fsp3) is 0.242. The Morgan fingerprint density at radius 1 is 0.714 bits per heavy atom. The lowest BCUT2D eigenvalue weighted by molar-refractivity contribution is 0.646. The van der Waals surface area contributed by atoms with E-state index >= 15 is 0 Å². The summed E-state index contributed by atoms with van der Waals surface area (Å²) < 4.78 is 6.46. The first-order chi connectivity index (χ1) is 17.0. The number of aromatic nitrogens is 1. The van der Waals surface area contributed by atoms with E-state index in [4.69, 9.17) is 9.40 Å². The molecule has 0 unspecified atom stereocenters. The second-order valence-corrected chi connectivity index (χ2v) is 10.7. The second kappa shape index (κ2) is 8.53. The van der Waals surface area contributed by atoms with E-state index in [-0.39, 0.29) is 0 Å². The molecule has 0 bridgehead atoms. The van der Waals surface area contributed by atoms with Gasteiger partial charge in [-0.2, -0.15) is 0 Å². The van der Waals surface area contributed by atoms with E-state index in [0.29, 0.717) is 11.8 Å². The minimum absolute atomic E-state index is 0.547. The van der Waals surface area contributed by atoms with Crippen molar-refractivity contribution >= 4 is 43.6 Å². The van der Waals surface area contributed by atoms with Gasteiger partial charge in [0.2, 0.25) is 0 Å². The third kappa shape index (κ3) is 3.87. The molecular formula is C33H31NO. The normalized spacial score (nSPS) is 12.2. The summed E-state index contributed by atoms with van der Waals surface area (Å²) in [7, 11) is 0. The van der Waals surface area contributed by atoms with Gasteiger partial charge >= 0.3 is 0 Å². The van der Waals surface area contributed by atoms with Crippen molar-refractivity contribution in [3.63, 3.8) is 0 Å². The van der Waals surface area contributed by atoms with Crippen LogP contribution >= 0.6 is 0 Å². The van der Waals surface area contributed by atoms with E-state index in [1.807, 2.05) is 6.07 Å². The molecule has 6 rings (SSSR count). The molecule has 174 valence electrons. The highest BCUT2D eigenvalue weighted by molar-refractivity contribution is 6.11. The predicted octanol–water partition coefficient (Wildman–Crippen LogP) is 9.35. The SMILES string of the molecule is CC(C)Cc1cc(-c2cc(CC(C)C)c3c(ccc4ccccc43)n2)c2oc3ccccc3c2c1. The summed E-state index contributed by atoms with van der Waals surface area (Å²) in [5.74, 6) is 1.12. The third-order valence-corrected chi connectivity index (χ3v) is 6.87. The van der Waals surface area contributed by atoms with Crippen LogP contribution in [0.1, 0.15) is 38.8 Å². The maximum absolute atomic E-state index is 6.46. The Labute approximate surface area is 206 Å². The molecule has 0 radical (unpaired) electrons. The number of furan rings is 1. The van der Waals surface area contributed by atoms with Gasteiger partial charge in [-0.05, 0) is 76.9 Å². The minimum Gasteiger partial charge on any atom is -0.455 e. The highest BCUT2D eigenvalue weighted by atomic mass is 16.3. The van der Waals surface area contributed by atoms with Crippen molar-refractivity contribution in [2.45, 2.75) is 40.5 Å². The zero-order chi connectivity index (χ0) is 24.1. The number of para-hydroxylation sites is 1. The number of hydrogen-bond donors (Lipinski definition) is 0. The van der Waals surface area contributed by atoms with Crippen molar-refractivity contribution in [3.8, 4) is 11.3 Å². The molecule has 2 heteroatoms. The van der Waals surface area contributed by atoms with Crippen LogP contribution in [0.25, 0.3) is 54.9 Å². The molecule has 2 nitrogen and oxygen atoms in total. The molecule has 0 aliphatic carbocycles. The average molecular weight is 458 g/mol.